The average Bonchev–Trinajstić information content (AvgIpc) is 3.44. The average molecular weight is 568 g/mol. The van der Waals surface area contributed by atoms with Crippen molar-refractivity contribution in [3.63, 3.8) is 0 Å². The maximum absolute atomic E-state index is 12.1. The van der Waals surface area contributed by atoms with Crippen LogP contribution >= 0.6 is 12.2 Å². The molecule has 0 bridgehead atoms. The predicted octanol–water partition coefficient (Wildman–Crippen LogP) is 6.95. The van der Waals surface area contributed by atoms with Gasteiger partial charge in [-0.25, -0.2) is 0 Å². The smallest absolute Gasteiger partial charge is 0.224 e. The van der Waals surface area contributed by atoms with E-state index in [9.17, 15) is 4.79 Å². The van der Waals surface area contributed by atoms with Crippen molar-refractivity contribution in [1.29, 1.82) is 0 Å². The second-order valence-corrected chi connectivity index (χ2v) is 11.1. The van der Waals surface area contributed by atoms with Crippen molar-refractivity contribution in [2.24, 2.45) is 0 Å². The van der Waals surface area contributed by atoms with E-state index in [-0.39, 0.29) is 18.0 Å². The summed E-state index contributed by atoms with van der Waals surface area (Å²) in [6.07, 6.45) is 2.20. The van der Waals surface area contributed by atoms with Crippen LogP contribution in [0.25, 0.3) is 5.69 Å². The standard InChI is InChI=1S/C33H37N5O2S/c1-8-29(39)35-26-13-12-24(18-28(26)40-7)38-32(30(36-33(38)41)27-11-9-10-14-34-27)25-17-22(5)37(23(25)6)31-20(3)15-19(2)16-21(31)4/h9-18,30,32H,8H2,1-7H3,(H,35,39)(H,36,41)/t30-,32+/m1/s1. The molecular formula is C33H37N5O2S. The molecule has 7 nitrogen and oxygen atoms in total. The van der Waals surface area contributed by atoms with Crippen molar-refractivity contribution < 1.29 is 9.53 Å². The summed E-state index contributed by atoms with van der Waals surface area (Å²) in [7, 11) is 1.61. The normalized spacial score (nSPS) is 16.6. The molecule has 0 unspecified atom stereocenters. The number of nitrogens with zero attached hydrogens (tertiary/aromatic N) is 3. The van der Waals surface area contributed by atoms with Gasteiger partial charge >= 0.3 is 0 Å². The summed E-state index contributed by atoms with van der Waals surface area (Å²) in [5, 5.41) is 7.09. The van der Waals surface area contributed by atoms with Gasteiger partial charge in [0.2, 0.25) is 5.91 Å². The number of methoxy groups -OCH3 is 1. The van der Waals surface area contributed by atoms with Crippen LogP contribution in [0, 0.1) is 34.6 Å². The van der Waals surface area contributed by atoms with E-state index in [1.165, 1.54) is 22.4 Å². The minimum absolute atomic E-state index is 0.0726. The van der Waals surface area contributed by atoms with Crippen LogP contribution in [0.1, 0.15) is 64.8 Å². The van der Waals surface area contributed by atoms with E-state index in [1.54, 1.807) is 7.11 Å². The fourth-order valence-electron chi connectivity index (χ4n) is 6.08. The molecule has 2 aromatic heterocycles. The van der Waals surface area contributed by atoms with Crippen molar-refractivity contribution in [2.75, 3.05) is 17.3 Å². The summed E-state index contributed by atoms with van der Waals surface area (Å²) in [4.78, 5) is 19.0. The van der Waals surface area contributed by atoms with Gasteiger partial charge in [-0.05, 0) is 93.9 Å². The van der Waals surface area contributed by atoms with Crippen molar-refractivity contribution >= 4 is 34.6 Å². The quantitative estimate of drug-likeness (QED) is 0.236. The number of rotatable bonds is 7. The van der Waals surface area contributed by atoms with Crippen LogP contribution in [-0.2, 0) is 4.79 Å². The molecule has 8 heteroatoms. The highest BCUT2D eigenvalue weighted by molar-refractivity contribution is 7.80. The molecule has 0 radical (unpaired) electrons. The molecule has 5 rings (SSSR count). The van der Waals surface area contributed by atoms with Crippen molar-refractivity contribution in [3.8, 4) is 11.4 Å². The summed E-state index contributed by atoms with van der Waals surface area (Å²) in [6.45, 7) is 12.6. The summed E-state index contributed by atoms with van der Waals surface area (Å²) >= 11 is 5.98. The van der Waals surface area contributed by atoms with Crippen LogP contribution in [0.2, 0.25) is 0 Å². The zero-order chi connectivity index (χ0) is 29.4. The molecule has 4 aromatic rings. The molecule has 41 heavy (non-hydrogen) atoms. The van der Waals surface area contributed by atoms with Gasteiger partial charge in [-0.2, -0.15) is 0 Å². The zero-order valence-electron chi connectivity index (χ0n) is 24.7. The predicted molar refractivity (Wildman–Crippen MR) is 169 cm³/mol. The lowest BCUT2D eigenvalue weighted by Crippen LogP contribution is -2.29. The van der Waals surface area contributed by atoms with Crippen molar-refractivity contribution in [3.05, 3.63) is 100 Å². The number of pyridine rings is 1. The summed E-state index contributed by atoms with van der Waals surface area (Å²) in [5.41, 5.74) is 10.8. The first-order chi connectivity index (χ1) is 19.6. The summed E-state index contributed by atoms with van der Waals surface area (Å²) < 4.78 is 8.06. The second-order valence-electron chi connectivity index (χ2n) is 10.7. The Balaban J connectivity index is 1.68. The number of anilines is 2. The lowest BCUT2D eigenvalue weighted by Gasteiger charge is -2.29. The molecule has 0 spiro atoms. The van der Waals surface area contributed by atoms with E-state index < -0.39 is 0 Å². The zero-order valence-corrected chi connectivity index (χ0v) is 25.5. The molecule has 1 aliphatic heterocycles. The number of hydrogen-bond acceptors (Lipinski definition) is 4. The monoisotopic (exact) mass is 567 g/mol. The van der Waals surface area contributed by atoms with Gasteiger partial charge in [-0.3, -0.25) is 9.78 Å². The lowest BCUT2D eigenvalue weighted by atomic mass is 9.96. The van der Waals surface area contributed by atoms with Crippen LogP contribution < -0.4 is 20.3 Å². The topological polar surface area (TPSA) is 71.4 Å². The number of nitrogens with one attached hydrogen (secondary N) is 2. The van der Waals surface area contributed by atoms with E-state index in [2.05, 4.69) is 72.9 Å². The molecule has 212 valence electrons. The molecule has 0 aliphatic carbocycles. The highest BCUT2D eigenvalue weighted by atomic mass is 32.1. The third-order valence-corrected chi connectivity index (χ3v) is 8.12. The first-order valence-corrected chi connectivity index (χ1v) is 14.3. The Labute approximate surface area is 247 Å². The minimum atomic E-state index is -0.177. The number of ether oxygens (including phenoxy) is 1. The first kappa shape index (κ1) is 28.4. The Morgan fingerprint density at radius 1 is 1.05 bits per heavy atom. The van der Waals surface area contributed by atoms with E-state index in [4.69, 9.17) is 21.9 Å². The number of benzene rings is 2. The third-order valence-electron chi connectivity index (χ3n) is 7.80. The molecule has 3 heterocycles. The van der Waals surface area contributed by atoms with Crippen LogP contribution in [0.4, 0.5) is 11.4 Å². The van der Waals surface area contributed by atoms with Gasteiger partial charge in [-0.15, -0.1) is 0 Å². The van der Waals surface area contributed by atoms with Crippen LogP contribution in [0.15, 0.2) is 60.8 Å². The Bertz CT molecular complexity index is 1610. The van der Waals surface area contributed by atoms with Gasteiger partial charge in [0.15, 0.2) is 5.11 Å². The van der Waals surface area contributed by atoms with Crippen molar-refractivity contribution in [1.82, 2.24) is 14.9 Å². The SMILES string of the molecule is CCC(=O)Nc1ccc(N2C(=S)N[C@H](c3ccccn3)[C@@H]2c2cc(C)n(-c3c(C)cc(C)cc3C)c2C)cc1OC. The number of hydrogen-bond donors (Lipinski definition) is 2. The first-order valence-electron chi connectivity index (χ1n) is 13.9. The molecule has 1 saturated heterocycles. The molecule has 2 aromatic carbocycles. The van der Waals surface area contributed by atoms with Gasteiger partial charge in [0, 0.05) is 35.8 Å². The fraction of sp³-hybridized carbons (Fsp3) is 0.303. The van der Waals surface area contributed by atoms with Gasteiger partial charge in [0.25, 0.3) is 0 Å². The number of carbonyl (C=O) groups is 1. The van der Waals surface area contributed by atoms with E-state index >= 15 is 0 Å². The number of amides is 1. The summed E-state index contributed by atoms with van der Waals surface area (Å²) in [5.74, 6) is 0.500. The molecule has 2 atom stereocenters. The molecule has 1 aliphatic rings. The molecule has 1 amide bonds. The number of aryl methyl sites for hydroxylation is 4. The largest absolute Gasteiger partial charge is 0.494 e. The Morgan fingerprint density at radius 3 is 2.41 bits per heavy atom. The van der Waals surface area contributed by atoms with E-state index in [1.807, 2.05) is 49.5 Å². The number of aromatic nitrogens is 2. The van der Waals surface area contributed by atoms with Crippen LogP contribution in [-0.4, -0.2) is 27.7 Å². The van der Waals surface area contributed by atoms with Crippen LogP contribution in [0.3, 0.4) is 0 Å². The van der Waals surface area contributed by atoms with Crippen molar-refractivity contribution in [2.45, 2.75) is 60.0 Å². The van der Waals surface area contributed by atoms with E-state index in [0.29, 0.717) is 23.0 Å². The Kier molecular flexibility index (Phi) is 7.87. The fourth-order valence-corrected chi connectivity index (χ4v) is 6.42. The van der Waals surface area contributed by atoms with Gasteiger partial charge in [0.05, 0.1) is 36.3 Å². The Hall–Kier alpha value is -4.17. The van der Waals surface area contributed by atoms with Gasteiger partial charge < -0.3 is 24.8 Å². The van der Waals surface area contributed by atoms with Crippen LogP contribution in [0.5, 0.6) is 5.75 Å². The van der Waals surface area contributed by atoms with Gasteiger partial charge in [0.1, 0.15) is 5.75 Å². The van der Waals surface area contributed by atoms with E-state index in [0.717, 1.165) is 28.3 Å². The number of thiocarbonyl (C=S) groups is 1. The lowest BCUT2D eigenvalue weighted by molar-refractivity contribution is -0.115. The molecule has 1 fully saturated rings. The Morgan fingerprint density at radius 2 is 1.78 bits per heavy atom. The number of carbonyl (C=O) groups excluding carboxylic acids is 1. The molecule has 0 saturated carbocycles. The summed E-state index contributed by atoms with van der Waals surface area (Å²) in [6, 6.07) is 18.1. The second kappa shape index (κ2) is 11.4. The molecule has 2 N–H and O–H groups in total. The highest BCUT2D eigenvalue weighted by Crippen LogP contribution is 2.45. The maximum atomic E-state index is 12.1. The highest BCUT2D eigenvalue weighted by Gasteiger charge is 2.42. The molecular weight excluding hydrogens is 530 g/mol. The maximum Gasteiger partial charge on any atom is 0.224 e. The van der Waals surface area contributed by atoms with Gasteiger partial charge in [-0.1, -0.05) is 30.7 Å². The third kappa shape index (κ3) is 5.20. The minimum Gasteiger partial charge on any atom is -0.494 e.